The predicted molar refractivity (Wildman–Crippen MR) is 50.3 cm³/mol. The molecule has 2 heteroatoms. The lowest BCUT2D eigenvalue weighted by molar-refractivity contribution is 0.468. The average Bonchev–Trinajstić information content (AvgIpc) is 1.90. The molecule has 0 unspecified atom stereocenters. The summed E-state index contributed by atoms with van der Waals surface area (Å²) in [5, 5.41) is 0. The van der Waals surface area contributed by atoms with Gasteiger partial charge >= 0.3 is 0 Å². The minimum atomic E-state index is 1.21. The van der Waals surface area contributed by atoms with Gasteiger partial charge in [-0.15, -0.1) is 0 Å². The topological polar surface area (TPSA) is 3.24 Å². The molecule has 0 atom stereocenters. The first-order valence-corrected chi connectivity index (χ1v) is 5.17. The van der Waals surface area contributed by atoms with E-state index in [1.807, 2.05) is 11.9 Å². The summed E-state index contributed by atoms with van der Waals surface area (Å²) in [4.78, 5) is 0. The third-order valence-electron chi connectivity index (χ3n) is 1.26. The van der Waals surface area contributed by atoms with Gasteiger partial charge in [0.1, 0.15) is 0 Å². The van der Waals surface area contributed by atoms with Gasteiger partial charge in [0, 0.05) is 18.8 Å². The fraction of sp³-hybridized carbons (Fsp3) is 1.00. The van der Waals surface area contributed by atoms with Gasteiger partial charge in [-0.1, -0.05) is 32.7 Å². The van der Waals surface area contributed by atoms with E-state index in [4.69, 9.17) is 0 Å². The quantitative estimate of drug-likeness (QED) is 0.551. The van der Waals surface area contributed by atoms with E-state index in [1.165, 1.54) is 31.7 Å². The van der Waals surface area contributed by atoms with E-state index in [-0.39, 0.29) is 0 Å². The van der Waals surface area contributed by atoms with E-state index in [1.54, 1.807) is 0 Å². The normalized spacial score (nSPS) is 10.8. The Morgan fingerprint density at radius 2 is 1.50 bits per heavy atom. The Morgan fingerprint density at radius 1 is 1.00 bits per heavy atom. The average molecular weight is 161 g/mol. The molecule has 0 fully saturated rings. The van der Waals surface area contributed by atoms with Gasteiger partial charge in [-0.25, -0.2) is 0 Å². The van der Waals surface area contributed by atoms with Crippen LogP contribution in [-0.2, 0) is 0 Å². The molecule has 0 radical (unpaired) electrons. The highest BCUT2D eigenvalue weighted by atomic mass is 32.2. The van der Waals surface area contributed by atoms with Crippen molar-refractivity contribution in [3.63, 3.8) is 0 Å². The maximum absolute atomic E-state index is 2.46. The first kappa shape index (κ1) is 10.3. The minimum absolute atomic E-state index is 1.21. The number of nitrogens with zero attached hydrogens (tertiary/aromatic N) is 1. The van der Waals surface area contributed by atoms with Crippen molar-refractivity contribution in [2.24, 2.45) is 0 Å². The summed E-state index contributed by atoms with van der Waals surface area (Å²) in [5.74, 6) is 1.21. The predicted octanol–water partition coefficient (Wildman–Crippen LogP) is 2.78. The van der Waals surface area contributed by atoms with Crippen molar-refractivity contribution in [1.82, 2.24) is 4.31 Å². The van der Waals surface area contributed by atoms with E-state index < -0.39 is 0 Å². The smallest absolute Gasteiger partial charge is 0.00867 e. The molecule has 0 saturated heterocycles. The van der Waals surface area contributed by atoms with Crippen LogP contribution in [0.2, 0.25) is 0 Å². The lowest BCUT2D eigenvalue weighted by Gasteiger charge is -2.17. The van der Waals surface area contributed by atoms with Gasteiger partial charge in [-0.2, -0.15) is 0 Å². The molecule has 1 nitrogen and oxygen atoms in total. The SMILES string of the molecule is CCCN(CCC)SCC. The first-order valence-electron chi connectivity index (χ1n) is 4.23. The fourth-order valence-corrected chi connectivity index (χ4v) is 1.91. The van der Waals surface area contributed by atoms with Gasteiger partial charge < -0.3 is 0 Å². The van der Waals surface area contributed by atoms with Crippen LogP contribution in [0.25, 0.3) is 0 Å². The molecule has 0 heterocycles. The zero-order chi connectivity index (χ0) is 7.82. The molecule has 62 valence electrons. The molecule has 0 aliphatic carbocycles. The first-order chi connectivity index (χ1) is 4.85. The van der Waals surface area contributed by atoms with Gasteiger partial charge in [-0.3, -0.25) is 4.31 Å². The van der Waals surface area contributed by atoms with Crippen molar-refractivity contribution in [2.75, 3.05) is 18.8 Å². The van der Waals surface area contributed by atoms with Crippen LogP contribution in [0.1, 0.15) is 33.6 Å². The largest absolute Gasteiger partial charge is 0.251 e. The molecule has 10 heavy (non-hydrogen) atoms. The second-order valence-electron chi connectivity index (χ2n) is 2.35. The number of hydrogen-bond acceptors (Lipinski definition) is 2. The maximum atomic E-state index is 2.46. The molecule has 0 aromatic rings. The Kier molecular flexibility index (Phi) is 7.65. The van der Waals surface area contributed by atoms with Gasteiger partial charge in [0.05, 0.1) is 0 Å². The van der Waals surface area contributed by atoms with Gasteiger partial charge in [0.15, 0.2) is 0 Å². The Hall–Kier alpha value is 0.310. The zero-order valence-electron chi connectivity index (χ0n) is 7.39. The lowest BCUT2D eigenvalue weighted by atomic mass is 10.4. The van der Waals surface area contributed by atoms with E-state index >= 15 is 0 Å². The second kappa shape index (κ2) is 7.42. The lowest BCUT2D eigenvalue weighted by Crippen LogP contribution is -2.17. The highest BCUT2D eigenvalue weighted by molar-refractivity contribution is 7.96. The van der Waals surface area contributed by atoms with Crippen LogP contribution in [0, 0.1) is 0 Å². The number of hydrogen-bond donors (Lipinski definition) is 0. The van der Waals surface area contributed by atoms with E-state index in [0.717, 1.165) is 0 Å². The molecule has 0 aliphatic rings. The summed E-state index contributed by atoms with van der Waals surface area (Å²) in [6.45, 7) is 9.17. The summed E-state index contributed by atoms with van der Waals surface area (Å²) in [6.07, 6.45) is 2.54. The van der Waals surface area contributed by atoms with Crippen LogP contribution in [-0.4, -0.2) is 23.1 Å². The summed E-state index contributed by atoms with van der Waals surface area (Å²) >= 11 is 1.96. The molecular weight excluding hydrogens is 142 g/mol. The molecule has 0 bridgehead atoms. The molecule has 0 aromatic carbocycles. The molecular formula is C8H19NS. The summed E-state index contributed by atoms with van der Waals surface area (Å²) < 4.78 is 2.46. The third-order valence-corrected chi connectivity index (χ3v) is 2.25. The summed E-state index contributed by atoms with van der Waals surface area (Å²) in [7, 11) is 0. The number of rotatable bonds is 6. The van der Waals surface area contributed by atoms with E-state index in [0.29, 0.717) is 0 Å². The highest BCUT2D eigenvalue weighted by Gasteiger charge is 1.99. The Labute approximate surface area is 69.3 Å². The van der Waals surface area contributed by atoms with Crippen LogP contribution >= 0.6 is 11.9 Å². The van der Waals surface area contributed by atoms with Crippen molar-refractivity contribution in [2.45, 2.75) is 33.6 Å². The monoisotopic (exact) mass is 161 g/mol. The van der Waals surface area contributed by atoms with Crippen LogP contribution in [0.4, 0.5) is 0 Å². The van der Waals surface area contributed by atoms with Crippen LogP contribution < -0.4 is 0 Å². The van der Waals surface area contributed by atoms with Crippen LogP contribution in [0.15, 0.2) is 0 Å². The maximum Gasteiger partial charge on any atom is 0.00867 e. The van der Waals surface area contributed by atoms with Gasteiger partial charge in [-0.05, 0) is 12.8 Å². The van der Waals surface area contributed by atoms with Crippen molar-refractivity contribution in [1.29, 1.82) is 0 Å². The van der Waals surface area contributed by atoms with Crippen LogP contribution in [0.5, 0.6) is 0 Å². The summed E-state index contributed by atoms with van der Waals surface area (Å²) in [6, 6.07) is 0. The molecule has 0 spiro atoms. The van der Waals surface area contributed by atoms with Crippen molar-refractivity contribution in [3.8, 4) is 0 Å². The second-order valence-corrected chi connectivity index (χ2v) is 3.70. The minimum Gasteiger partial charge on any atom is -0.251 e. The molecule has 0 amide bonds. The van der Waals surface area contributed by atoms with Gasteiger partial charge in [0.25, 0.3) is 0 Å². The Morgan fingerprint density at radius 3 is 1.80 bits per heavy atom. The van der Waals surface area contributed by atoms with Crippen LogP contribution in [0.3, 0.4) is 0 Å². The molecule has 0 aromatic heterocycles. The molecule has 0 saturated carbocycles. The molecule has 0 aliphatic heterocycles. The van der Waals surface area contributed by atoms with Crippen molar-refractivity contribution < 1.29 is 0 Å². The molecule has 0 N–H and O–H groups in total. The Bertz CT molecular complexity index is 52.0. The van der Waals surface area contributed by atoms with Crippen molar-refractivity contribution >= 4 is 11.9 Å². The Balaban J connectivity index is 3.30. The highest BCUT2D eigenvalue weighted by Crippen LogP contribution is 2.09. The van der Waals surface area contributed by atoms with E-state index in [9.17, 15) is 0 Å². The standard InChI is InChI=1S/C8H19NS/c1-4-7-9(8-5-2)10-6-3/h4-8H2,1-3H3. The van der Waals surface area contributed by atoms with E-state index in [2.05, 4.69) is 25.1 Å². The molecule has 0 rings (SSSR count). The van der Waals surface area contributed by atoms with Crippen molar-refractivity contribution in [3.05, 3.63) is 0 Å². The zero-order valence-corrected chi connectivity index (χ0v) is 8.21. The van der Waals surface area contributed by atoms with Gasteiger partial charge in [0.2, 0.25) is 0 Å². The fourth-order valence-electron chi connectivity index (χ4n) is 0.922. The third kappa shape index (κ3) is 5.12. The summed E-state index contributed by atoms with van der Waals surface area (Å²) in [5.41, 5.74) is 0.